The van der Waals surface area contributed by atoms with E-state index < -0.39 is 6.03 Å². The van der Waals surface area contributed by atoms with Crippen molar-refractivity contribution in [1.29, 1.82) is 0 Å². The number of nitrogens with two attached hydrogens (primary N) is 1. The van der Waals surface area contributed by atoms with Crippen LogP contribution in [0.5, 0.6) is 0 Å². The highest BCUT2D eigenvalue weighted by atomic mass is 35.5. The van der Waals surface area contributed by atoms with Gasteiger partial charge in [-0.25, -0.2) is 4.79 Å². The first kappa shape index (κ1) is 16.3. The van der Waals surface area contributed by atoms with Gasteiger partial charge in [-0.05, 0) is 30.5 Å². The number of urea groups is 1. The number of nitrogens with one attached hydrogen (secondary N) is 1. The van der Waals surface area contributed by atoms with E-state index in [1.165, 1.54) is 0 Å². The molecule has 6 heteroatoms. The third-order valence-corrected chi connectivity index (χ3v) is 2.88. The zero-order valence-corrected chi connectivity index (χ0v) is 12.0. The van der Waals surface area contributed by atoms with Gasteiger partial charge in [0.15, 0.2) is 0 Å². The van der Waals surface area contributed by atoms with Crippen molar-refractivity contribution in [2.45, 2.75) is 32.3 Å². The van der Waals surface area contributed by atoms with Crippen LogP contribution >= 0.6 is 11.6 Å². The van der Waals surface area contributed by atoms with Gasteiger partial charge in [0.1, 0.15) is 6.61 Å². The van der Waals surface area contributed by atoms with Crippen molar-refractivity contribution >= 4 is 23.6 Å². The topological polar surface area (TPSA) is 81.4 Å². The largest absolute Gasteiger partial charge is 0.461 e. The molecule has 0 radical (unpaired) electrons. The third-order valence-electron chi connectivity index (χ3n) is 2.65. The normalized spacial score (nSPS) is 10.1. The Balaban J connectivity index is 2.07. The molecule has 0 unspecified atom stereocenters. The van der Waals surface area contributed by atoms with Crippen molar-refractivity contribution in [3.63, 3.8) is 0 Å². The highest BCUT2D eigenvalue weighted by Crippen LogP contribution is 2.12. The molecule has 3 N–H and O–H groups in total. The molecule has 0 aliphatic heterocycles. The lowest BCUT2D eigenvalue weighted by molar-refractivity contribution is -0.145. The summed E-state index contributed by atoms with van der Waals surface area (Å²) in [6, 6.07) is 6.69. The van der Waals surface area contributed by atoms with Gasteiger partial charge in [-0.1, -0.05) is 30.2 Å². The first-order valence-corrected chi connectivity index (χ1v) is 6.89. The Kier molecular flexibility index (Phi) is 7.50. The number of hydrogen-bond acceptors (Lipinski definition) is 3. The van der Waals surface area contributed by atoms with E-state index in [-0.39, 0.29) is 12.6 Å². The van der Waals surface area contributed by atoms with Crippen molar-refractivity contribution in [2.75, 3.05) is 6.54 Å². The predicted octanol–water partition coefficient (Wildman–Crippen LogP) is 2.61. The molecule has 2 amide bonds. The molecule has 0 aromatic heterocycles. The molecule has 5 nitrogen and oxygen atoms in total. The van der Waals surface area contributed by atoms with E-state index in [1.54, 1.807) is 12.1 Å². The van der Waals surface area contributed by atoms with E-state index in [2.05, 4.69) is 5.32 Å². The van der Waals surface area contributed by atoms with Crippen LogP contribution in [-0.4, -0.2) is 18.5 Å². The Morgan fingerprint density at radius 2 is 2.05 bits per heavy atom. The monoisotopic (exact) mass is 298 g/mol. The van der Waals surface area contributed by atoms with Crippen LogP contribution in [0.2, 0.25) is 5.02 Å². The summed E-state index contributed by atoms with van der Waals surface area (Å²) in [5.74, 6) is -0.229. The first-order chi connectivity index (χ1) is 9.58. The summed E-state index contributed by atoms with van der Waals surface area (Å²) in [5.41, 5.74) is 5.80. The zero-order valence-electron chi connectivity index (χ0n) is 11.2. The van der Waals surface area contributed by atoms with Gasteiger partial charge in [0, 0.05) is 18.0 Å². The van der Waals surface area contributed by atoms with Gasteiger partial charge in [-0.15, -0.1) is 0 Å². The number of carbonyl (C=O) groups is 2. The molecule has 1 aromatic carbocycles. The Morgan fingerprint density at radius 1 is 1.25 bits per heavy atom. The minimum Gasteiger partial charge on any atom is -0.461 e. The number of halogens is 1. The van der Waals surface area contributed by atoms with Crippen LogP contribution < -0.4 is 11.1 Å². The highest BCUT2D eigenvalue weighted by Gasteiger charge is 2.03. The molecule has 0 saturated heterocycles. The van der Waals surface area contributed by atoms with E-state index in [9.17, 15) is 9.59 Å². The molecule has 0 atom stereocenters. The molecule has 0 spiro atoms. The summed E-state index contributed by atoms with van der Waals surface area (Å²) in [7, 11) is 0. The summed E-state index contributed by atoms with van der Waals surface area (Å²) < 4.78 is 5.14. The lowest BCUT2D eigenvalue weighted by Crippen LogP contribution is -2.29. The average Bonchev–Trinajstić information content (AvgIpc) is 2.40. The maximum absolute atomic E-state index is 11.5. The smallest absolute Gasteiger partial charge is 0.312 e. The molecule has 20 heavy (non-hydrogen) atoms. The van der Waals surface area contributed by atoms with E-state index in [4.69, 9.17) is 22.1 Å². The van der Waals surface area contributed by atoms with Crippen molar-refractivity contribution in [3.8, 4) is 0 Å². The number of amides is 2. The number of esters is 1. The van der Waals surface area contributed by atoms with Gasteiger partial charge in [0.25, 0.3) is 0 Å². The maximum Gasteiger partial charge on any atom is 0.312 e. The number of hydrogen-bond donors (Lipinski definition) is 2. The van der Waals surface area contributed by atoms with Gasteiger partial charge in [-0.3, -0.25) is 4.79 Å². The lowest BCUT2D eigenvalue weighted by atomic mass is 10.2. The fraction of sp³-hybridized carbons (Fsp3) is 0.429. The van der Waals surface area contributed by atoms with E-state index >= 15 is 0 Å². The van der Waals surface area contributed by atoms with E-state index in [1.807, 2.05) is 12.1 Å². The van der Waals surface area contributed by atoms with Gasteiger partial charge < -0.3 is 15.8 Å². The molecule has 0 fully saturated rings. The van der Waals surface area contributed by atoms with Gasteiger partial charge in [0.05, 0.1) is 0 Å². The van der Waals surface area contributed by atoms with E-state index in [0.717, 1.165) is 24.8 Å². The van der Waals surface area contributed by atoms with Crippen LogP contribution in [0.25, 0.3) is 0 Å². The summed E-state index contributed by atoms with van der Waals surface area (Å²) >= 11 is 5.84. The molecular formula is C14H19ClN2O3. The third kappa shape index (κ3) is 7.63. The molecule has 0 saturated carbocycles. The standard InChI is InChI=1S/C14H19ClN2O3/c15-12-6-4-5-11(9-12)10-20-13(18)7-2-1-3-8-17-14(16)19/h4-6,9H,1-3,7-8,10H2,(H3,16,17,19). The maximum atomic E-state index is 11.5. The number of carbonyl (C=O) groups excluding carboxylic acids is 2. The molecule has 0 bridgehead atoms. The van der Waals surface area contributed by atoms with Gasteiger partial charge in [0.2, 0.25) is 0 Å². The quantitative estimate of drug-likeness (QED) is 0.572. The number of ether oxygens (including phenoxy) is 1. The number of benzene rings is 1. The van der Waals surface area contributed by atoms with Crippen molar-refractivity contribution in [2.24, 2.45) is 5.73 Å². The number of unbranched alkanes of at least 4 members (excludes halogenated alkanes) is 2. The fourth-order valence-corrected chi connectivity index (χ4v) is 1.86. The summed E-state index contributed by atoms with van der Waals surface area (Å²) in [5, 5.41) is 3.12. The van der Waals surface area contributed by atoms with Crippen LogP contribution in [-0.2, 0) is 16.1 Å². The van der Waals surface area contributed by atoms with E-state index in [0.29, 0.717) is 18.0 Å². The Bertz CT molecular complexity index is 452. The molecular weight excluding hydrogens is 280 g/mol. The second-order valence-corrected chi connectivity index (χ2v) is 4.83. The lowest BCUT2D eigenvalue weighted by Gasteiger charge is -2.05. The Labute approximate surface area is 123 Å². The average molecular weight is 299 g/mol. The van der Waals surface area contributed by atoms with Crippen LogP contribution in [0.15, 0.2) is 24.3 Å². The second kappa shape index (κ2) is 9.20. The van der Waals surface area contributed by atoms with Gasteiger partial charge >= 0.3 is 12.0 Å². The van der Waals surface area contributed by atoms with Crippen LogP contribution in [0, 0.1) is 0 Å². The zero-order chi connectivity index (χ0) is 14.8. The summed E-state index contributed by atoms with van der Waals surface area (Å²) in [4.78, 5) is 21.9. The molecule has 110 valence electrons. The Morgan fingerprint density at radius 3 is 2.75 bits per heavy atom. The minimum absolute atomic E-state index is 0.229. The SMILES string of the molecule is NC(=O)NCCCCCC(=O)OCc1cccc(Cl)c1. The van der Waals surface area contributed by atoms with Gasteiger partial charge in [-0.2, -0.15) is 0 Å². The highest BCUT2D eigenvalue weighted by molar-refractivity contribution is 6.30. The second-order valence-electron chi connectivity index (χ2n) is 4.39. The molecule has 0 aliphatic rings. The van der Waals surface area contributed by atoms with Crippen molar-refractivity contribution in [3.05, 3.63) is 34.9 Å². The molecule has 1 rings (SSSR count). The Hall–Kier alpha value is -1.75. The summed E-state index contributed by atoms with van der Waals surface area (Å²) in [6.07, 6.45) is 2.74. The predicted molar refractivity (Wildman–Crippen MR) is 77.3 cm³/mol. The molecule has 1 aromatic rings. The summed E-state index contributed by atoms with van der Waals surface area (Å²) in [6.45, 7) is 0.773. The van der Waals surface area contributed by atoms with Crippen LogP contribution in [0.1, 0.15) is 31.2 Å². The van der Waals surface area contributed by atoms with Crippen LogP contribution in [0.4, 0.5) is 4.79 Å². The first-order valence-electron chi connectivity index (χ1n) is 6.51. The van der Waals surface area contributed by atoms with Crippen LogP contribution in [0.3, 0.4) is 0 Å². The minimum atomic E-state index is -0.522. The molecule has 0 aliphatic carbocycles. The van der Waals surface area contributed by atoms with Crippen molar-refractivity contribution < 1.29 is 14.3 Å². The number of rotatable bonds is 8. The fourth-order valence-electron chi connectivity index (χ4n) is 1.65. The van der Waals surface area contributed by atoms with Crippen molar-refractivity contribution in [1.82, 2.24) is 5.32 Å². The number of primary amides is 1. The molecule has 0 heterocycles.